The van der Waals surface area contributed by atoms with Gasteiger partial charge in [0.15, 0.2) is 5.82 Å². The van der Waals surface area contributed by atoms with Gasteiger partial charge >= 0.3 is 0 Å². The zero-order chi connectivity index (χ0) is 45.9. The van der Waals surface area contributed by atoms with Gasteiger partial charge in [0.05, 0.1) is 22.4 Å². The molecule has 0 saturated carbocycles. The van der Waals surface area contributed by atoms with E-state index in [9.17, 15) is 0 Å². The van der Waals surface area contributed by atoms with Crippen molar-refractivity contribution in [2.45, 2.75) is 0 Å². The van der Waals surface area contributed by atoms with E-state index in [4.69, 9.17) is 18.8 Å². The van der Waals surface area contributed by atoms with Crippen LogP contribution in [0.5, 0.6) is 0 Å². The van der Waals surface area contributed by atoms with E-state index in [-0.39, 0.29) is 0 Å². The number of aromatic nitrogens is 3. The molecule has 0 aliphatic heterocycles. The maximum Gasteiger partial charge on any atom is 0.160 e. The molecule has 0 aliphatic rings. The van der Waals surface area contributed by atoms with Crippen LogP contribution in [-0.2, 0) is 0 Å². The molecule has 15 rings (SSSR count). The summed E-state index contributed by atoms with van der Waals surface area (Å²) >= 11 is 1.87. The van der Waals surface area contributed by atoms with Crippen molar-refractivity contribution in [2.24, 2.45) is 0 Å². The molecule has 6 heteroatoms. The van der Waals surface area contributed by atoms with Crippen molar-refractivity contribution in [1.82, 2.24) is 14.5 Å². The van der Waals surface area contributed by atoms with Gasteiger partial charge in [0.1, 0.15) is 22.3 Å². The summed E-state index contributed by atoms with van der Waals surface area (Å²) in [6.45, 7) is 0. The molecular weight excluding hydrogens is 875 g/mol. The van der Waals surface area contributed by atoms with Crippen LogP contribution >= 0.6 is 11.3 Å². The van der Waals surface area contributed by atoms with E-state index >= 15 is 0 Å². The Labute approximate surface area is 404 Å². The minimum absolute atomic E-state index is 0.622. The Morgan fingerprint density at radius 3 is 1.89 bits per heavy atom. The number of fused-ring (bicyclic) bond motifs is 12. The fraction of sp³-hybridized carbons (Fsp3) is 0. The highest BCUT2D eigenvalue weighted by atomic mass is 32.1. The van der Waals surface area contributed by atoms with Gasteiger partial charge in [0.2, 0.25) is 0 Å². The maximum atomic E-state index is 6.63. The van der Waals surface area contributed by atoms with Crippen molar-refractivity contribution in [3.63, 3.8) is 0 Å². The summed E-state index contributed by atoms with van der Waals surface area (Å²) in [5, 5.41) is 9.21. The molecule has 5 heterocycles. The van der Waals surface area contributed by atoms with Gasteiger partial charge in [-0.15, -0.1) is 11.3 Å². The third-order valence-corrected chi connectivity index (χ3v) is 15.3. The zero-order valence-electron chi connectivity index (χ0n) is 37.4. The topological polar surface area (TPSA) is 57.0 Å². The van der Waals surface area contributed by atoms with E-state index in [2.05, 4.69) is 187 Å². The van der Waals surface area contributed by atoms with Crippen LogP contribution in [0.3, 0.4) is 0 Å². The summed E-state index contributed by atoms with van der Waals surface area (Å²) in [6.07, 6.45) is 0. The Hall–Kier alpha value is -9.10. The van der Waals surface area contributed by atoms with Gasteiger partial charge in [-0.1, -0.05) is 146 Å². The van der Waals surface area contributed by atoms with Crippen LogP contribution < -0.4 is 0 Å². The van der Waals surface area contributed by atoms with Crippen LogP contribution in [-0.4, -0.2) is 14.5 Å². The molecule has 0 saturated heterocycles. The molecule has 70 heavy (non-hydrogen) atoms. The third kappa shape index (κ3) is 6.03. The number of nitrogens with zero attached hydrogens (tertiary/aromatic N) is 3. The lowest BCUT2D eigenvalue weighted by molar-refractivity contribution is 0.668. The van der Waals surface area contributed by atoms with Crippen molar-refractivity contribution in [3.8, 4) is 61.8 Å². The van der Waals surface area contributed by atoms with Crippen molar-refractivity contribution in [1.29, 1.82) is 0 Å². The minimum atomic E-state index is 0.622. The molecule has 0 radical (unpaired) electrons. The van der Waals surface area contributed by atoms with E-state index in [1.165, 1.54) is 47.6 Å². The fourth-order valence-electron chi connectivity index (χ4n) is 10.8. The number of rotatable bonds is 6. The lowest BCUT2D eigenvalue weighted by Gasteiger charge is -2.10. The maximum absolute atomic E-state index is 6.63. The molecule has 0 fully saturated rings. The van der Waals surface area contributed by atoms with Crippen molar-refractivity contribution >= 4 is 97.2 Å². The number of hydrogen-bond donors (Lipinski definition) is 0. The van der Waals surface area contributed by atoms with Gasteiger partial charge in [-0.05, 0) is 101 Å². The first kappa shape index (κ1) is 38.9. The molecule has 0 bridgehead atoms. The molecule has 0 aliphatic carbocycles. The van der Waals surface area contributed by atoms with Crippen LogP contribution in [0, 0.1) is 0 Å². The summed E-state index contributed by atoms with van der Waals surface area (Å²) in [7, 11) is 0. The summed E-state index contributed by atoms with van der Waals surface area (Å²) < 4.78 is 18.0. The van der Waals surface area contributed by atoms with Gasteiger partial charge in [-0.3, -0.25) is 0 Å². The highest BCUT2D eigenvalue weighted by molar-refractivity contribution is 7.26. The van der Waals surface area contributed by atoms with Crippen LogP contribution in [0.15, 0.2) is 233 Å². The first-order valence-electron chi connectivity index (χ1n) is 23.5. The number of thiophene rings is 1. The first-order valence-corrected chi connectivity index (χ1v) is 24.4. The fourth-order valence-corrected chi connectivity index (χ4v) is 12.0. The third-order valence-electron chi connectivity index (χ3n) is 14.0. The van der Waals surface area contributed by atoms with Gasteiger partial charge in [-0.2, -0.15) is 0 Å². The molecule has 5 nitrogen and oxygen atoms in total. The quantitative estimate of drug-likeness (QED) is 0.167. The Morgan fingerprint density at radius 2 is 0.986 bits per heavy atom. The minimum Gasteiger partial charge on any atom is -0.456 e. The normalized spacial score (nSPS) is 12.0. The van der Waals surface area contributed by atoms with Gasteiger partial charge < -0.3 is 13.4 Å². The van der Waals surface area contributed by atoms with Crippen LogP contribution in [0.1, 0.15) is 0 Å². The Kier molecular flexibility index (Phi) is 8.46. The Bertz CT molecular complexity index is 4600. The largest absolute Gasteiger partial charge is 0.456 e. The van der Waals surface area contributed by atoms with Crippen molar-refractivity contribution in [2.75, 3.05) is 0 Å². The molecular formula is C64H37N3O2S. The molecule has 326 valence electrons. The average Bonchev–Trinajstić information content (AvgIpc) is 4.19. The second-order valence-corrected chi connectivity index (χ2v) is 19.1. The lowest BCUT2D eigenvalue weighted by Crippen LogP contribution is -1.96. The molecule has 10 aromatic carbocycles. The predicted octanol–water partition coefficient (Wildman–Crippen LogP) is 18.1. The van der Waals surface area contributed by atoms with Gasteiger partial charge in [0, 0.05) is 74.9 Å². The lowest BCUT2D eigenvalue weighted by atomic mass is 9.97. The molecule has 0 N–H and O–H groups in total. The molecule has 5 aromatic heterocycles. The van der Waals surface area contributed by atoms with Gasteiger partial charge in [0.25, 0.3) is 0 Å². The zero-order valence-corrected chi connectivity index (χ0v) is 38.2. The molecule has 0 amide bonds. The number of furan rings is 2. The summed E-state index contributed by atoms with van der Waals surface area (Å²) in [5.41, 5.74) is 16.0. The SMILES string of the molecule is c1ccc(-c2cc(-c3cccc4oc5ccc(-c6ccc7c(c6)c6ccc(-c8cccc9c8sc8ccccc89)cc6n7-c6ccccc6)cc5c34)nc(-c3ccc4c(c3)oc3ccccc34)n2)cc1. The van der Waals surface area contributed by atoms with E-state index in [0.29, 0.717) is 5.82 Å². The molecule has 15 aromatic rings. The predicted molar refractivity (Wildman–Crippen MR) is 291 cm³/mol. The number of hydrogen-bond acceptors (Lipinski definition) is 5. The smallest absolute Gasteiger partial charge is 0.160 e. The van der Waals surface area contributed by atoms with Crippen LogP contribution in [0.2, 0.25) is 0 Å². The average molecular weight is 912 g/mol. The van der Waals surface area contributed by atoms with E-state index in [1.807, 2.05) is 53.8 Å². The number of benzene rings is 10. The Morgan fingerprint density at radius 1 is 0.343 bits per heavy atom. The van der Waals surface area contributed by atoms with E-state index in [1.54, 1.807) is 0 Å². The summed E-state index contributed by atoms with van der Waals surface area (Å²) in [5.74, 6) is 0.622. The van der Waals surface area contributed by atoms with Crippen LogP contribution in [0.25, 0.3) is 148 Å². The van der Waals surface area contributed by atoms with E-state index in [0.717, 1.165) is 94.3 Å². The molecule has 0 spiro atoms. The van der Waals surface area contributed by atoms with Crippen molar-refractivity contribution < 1.29 is 8.83 Å². The number of para-hydroxylation sites is 2. The first-order chi connectivity index (χ1) is 34.7. The molecule has 0 unspecified atom stereocenters. The standard InChI is InChI=1S/C64H37N3O2S/c1-3-13-38(14-4-1)53-37-54(66-64(65-53)42-26-30-47-46-17-7-9-22-57(46)69-60(47)36-42)50-21-12-23-59-62(50)52-34-40(28-32-58(52)68-59)39-27-31-55-51(33-39)45-29-25-41(35-56(45)67(55)43-15-5-2-6-16-43)44-19-11-20-49-48-18-8-10-24-61(48)70-63(44)49/h1-37H. The summed E-state index contributed by atoms with van der Waals surface area (Å²) in [6, 6.07) is 79.7. The van der Waals surface area contributed by atoms with Crippen molar-refractivity contribution in [3.05, 3.63) is 224 Å². The second-order valence-electron chi connectivity index (χ2n) is 18.0. The molecule has 0 atom stereocenters. The van der Waals surface area contributed by atoms with Crippen LogP contribution in [0.4, 0.5) is 0 Å². The summed E-state index contributed by atoms with van der Waals surface area (Å²) in [4.78, 5) is 10.5. The highest BCUT2D eigenvalue weighted by Crippen LogP contribution is 2.44. The highest BCUT2D eigenvalue weighted by Gasteiger charge is 2.20. The van der Waals surface area contributed by atoms with E-state index < -0.39 is 0 Å². The second kappa shape index (κ2) is 15.2. The monoisotopic (exact) mass is 911 g/mol. The van der Waals surface area contributed by atoms with Gasteiger partial charge in [-0.25, -0.2) is 9.97 Å². The Balaban J connectivity index is 0.885.